The first kappa shape index (κ1) is 10.6. The smallest absolute Gasteiger partial charge is 0.242 e. The molecule has 2 unspecified atom stereocenters. The fraction of sp³-hybridized carbons (Fsp3) is 0.625. The predicted octanol–water partition coefficient (Wildman–Crippen LogP) is -0.266. The van der Waals surface area contributed by atoms with Gasteiger partial charge in [0, 0.05) is 0 Å². The van der Waals surface area contributed by atoms with Crippen LogP contribution in [-0.4, -0.2) is 20.9 Å². The van der Waals surface area contributed by atoms with E-state index in [1.807, 2.05) is 6.92 Å². The lowest BCUT2D eigenvalue weighted by Crippen LogP contribution is -2.24. The van der Waals surface area contributed by atoms with Crippen LogP contribution in [0.25, 0.3) is 0 Å². The molecule has 6 nitrogen and oxygen atoms in total. The van der Waals surface area contributed by atoms with Gasteiger partial charge in [0.1, 0.15) is 6.04 Å². The Kier molecular flexibility index (Phi) is 3.19. The van der Waals surface area contributed by atoms with Crippen LogP contribution in [0.3, 0.4) is 0 Å². The molecule has 0 bridgehead atoms. The van der Waals surface area contributed by atoms with Crippen LogP contribution in [0.2, 0.25) is 0 Å². The van der Waals surface area contributed by atoms with Gasteiger partial charge in [-0.2, -0.15) is 0 Å². The first-order valence-electron chi connectivity index (χ1n) is 4.52. The van der Waals surface area contributed by atoms with Crippen molar-refractivity contribution in [1.82, 2.24) is 15.0 Å². The summed E-state index contributed by atoms with van der Waals surface area (Å²) in [5, 5.41) is 7.66. The van der Waals surface area contributed by atoms with Crippen LogP contribution in [0, 0.1) is 0 Å². The van der Waals surface area contributed by atoms with Gasteiger partial charge in [-0.15, -0.1) is 5.10 Å². The van der Waals surface area contributed by atoms with Crippen molar-refractivity contribution in [3.8, 4) is 0 Å². The van der Waals surface area contributed by atoms with Crippen LogP contribution < -0.4 is 11.5 Å². The van der Waals surface area contributed by atoms with Crippen molar-refractivity contribution in [1.29, 1.82) is 0 Å². The van der Waals surface area contributed by atoms with Gasteiger partial charge in [0.05, 0.1) is 17.9 Å². The van der Waals surface area contributed by atoms with E-state index >= 15 is 0 Å². The SMILES string of the molecule is CCC(N)c1cn(C(C)C(N)=O)nn1. The summed E-state index contributed by atoms with van der Waals surface area (Å²) in [6.45, 7) is 3.62. The fourth-order valence-electron chi connectivity index (χ4n) is 0.989. The molecule has 0 aliphatic rings. The molecule has 0 spiro atoms. The van der Waals surface area contributed by atoms with Gasteiger partial charge in [-0.3, -0.25) is 4.79 Å². The average Bonchev–Trinajstić information content (AvgIpc) is 2.64. The van der Waals surface area contributed by atoms with Crippen LogP contribution in [0.5, 0.6) is 0 Å². The van der Waals surface area contributed by atoms with E-state index in [-0.39, 0.29) is 6.04 Å². The van der Waals surface area contributed by atoms with Gasteiger partial charge in [-0.25, -0.2) is 4.68 Å². The van der Waals surface area contributed by atoms with Gasteiger partial charge in [0.2, 0.25) is 5.91 Å². The zero-order chi connectivity index (χ0) is 10.7. The molecule has 1 aromatic heterocycles. The van der Waals surface area contributed by atoms with Gasteiger partial charge in [0.25, 0.3) is 0 Å². The number of hydrogen-bond donors (Lipinski definition) is 2. The minimum Gasteiger partial charge on any atom is -0.368 e. The zero-order valence-electron chi connectivity index (χ0n) is 8.34. The highest BCUT2D eigenvalue weighted by molar-refractivity contribution is 5.77. The quantitative estimate of drug-likeness (QED) is 0.694. The third-order valence-electron chi connectivity index (χ3n) is 2.16. The van der Waals surface area contributed by atoms with Gasteiger partial charge >= 0.3 is 0 Å². The Labute approximate surface area is 82.3 Å². The summed E-state index contributed by atoms with van der Waals surface area (Å²) < 4.78 is 1.42. The molecule has 6 heteroatoms. The molecular formula is C8H15N5O. The van der Waals surface area contributed by atoms with Gasteiger partial charge in [-0.1, -0.05) is 12.1 Å². The number of nitrogens with two attached hydrogens (primary N) is 2. The summed E-state index contributed by atoms with van der Waals surface area (Å²) in [5.41, 5.74) is 11.6. The van der Waals surface area contributed by atoms with E-state index < -0.39 is 11.9 Å². The van der Waals surface area contributed by atoms with E-state index in [4.69, 9.17) is 11.5 Å². The Morgan fingerprint density at radius 3 is 2.86 bits per heavy atom. The predicted molar refractivity (Wildman–Crippen MR) is 51.1 cm³/mol. The Bertz CT molecular complexity index is 321. The van der Waals surface area contributed by atoms with Crippen molar-refractivity contribution in [3.63, 3.8) is 0 Å². The molecule has 0 radical (unpaired) electrons. The number of aromatic nitrogens is 3. The topological polar surface area (TPSA) is 99.8 Å². The summed E-state index contributed by atoms with van der Waals surface area (Å²) in [6, 6.07) is -0.621. The number of rotatable bonds is 4. The number of carbonyl (C=O) groups excluding carboxylic acids is 1. The number of hydrogen-bond acceptors (Lipinski definition) is 4. The number of primary amides is 1. The zero-order valence-corrected chi connectivity index (χ0v) is 8.34. The second-order valence-electron chi connectivity index (χ2n) is 3.22. The minimum absolute atomic E-state index is 0.135. The Morgan fingerprint density at radius 1 is 1.71 bits per heavy atom. The summed E-state index contributed by atoms with van der Waals surface area (Å²) in [7, 11) is 0. The van der Waals surface area contributed by atoms with Crippen LogP contribution in [0.15, 0.2) is 6.20 Å². The fourth-order valence-corrected chi connectivity index (χ4v) is 0.989. The van der Waals surface area contributed by atoms with Crippen molar-refractivity contribution in [2.45, 2.75) is 32.4 Å². The lowest BCUT2D eigenvalue weighted by Gasteiger charge is -2.05. The number of carbonyl (C=O) groups is 1. The van der Waals surface area contributed by atoms with Crippen molar-refractivity contribution >= 4 is 5.91 Å². The summed E-state index contributed by atoms with van der Waals surface area (Å²) in [6.07, 6.45) is 2.44. The van der Waals surface area contributed by atoms with Crippen molar-refractivity contribution in [2.75, 3.05) is 0 Å². The second-order valence-corrected chi connectivity index (χ2v) is 3.22. The Balaban J connectivity index is 2.82. The van der Waals surface area contributed by atoms with Gasteiger partial charge in [-0.05, 0) is 13.3 Å². The highest BCUT2D eigenvalue weighted by Gasteiger charge is 2.15. The normalized spacial score (nSPS) is 15.1. The van der Waals surface area contributed by atoms with Crippen molar-refractivity contribution in [3.05, 3.63) is 11.9 Å². The molecule has 78 valence electrons. The highest BCUT2D eigenvalue weighted by atomic mass is 16.1. The molecule has 1 aromatic rings. The van der Waals surface area contributed by atoms with Crippen LogP contribution in [0.4, 0.5) is 0 Å². The number of nitrogens with zero attached hydrogens (tertiary/aromatic N) is 3. The maximum Gasteiger partial charge on any atom is 0.242 e. The third-order valence-corrected chi connectivity index (χ3v) is 2.16. The molecule has 1 heterocycles. The second kappa shape index (κ2) is 4.19. The molecule has 2 atom stereocenters. The summed E-state index contributed by atoms with van der Waals surface area (Å²) in [5.74, 6) is -0.438. The van der Waals surface area contributed by atoms with Crippen molar-refractivity contribution in [2.24, 2.45) is 11.5 Å². The first-order chi connectivity index (χ1) is 6.56. The molecule has 14 heavy (non-hydrogen) atoms. The molecule has 1 amide bonds. The summed E-state index contributed by atoms with van der Waals surface area (Å²) in [4.78, 5) is 10.9. The van der Waals surface area contributed by atoms with Crippen LogP contribution in [-0.2, 0) is 4.79 Å². The van der Waals surface area contributed by atoms with E-state index in [2.05, 4.69) is 10.3 Å². The Hall–Kier alpha value is -1.43. The van der Waals surface area contributed by atoms with E-state index in [9.17, 15) is 4.79 Å². The molecule has 0 saturated carbocycles. The van der Waals surface area contributed by atoms with Gasteiger partial charge in [0.15, 0.2) is 0 Å². The maximum atomic E-state index is 10.9. The first-order valence-corrected chi connectivity index (χ1v) is 4.52. The summed E-state index contributed by atoms with van der Waals surface area (Å²) >= 11 is 0. The van der Waals surface area contributed by atoms with E-state index in [0.717, 1.165) is 6.42 Å². The lowest BCUT2D eigenvalue weighted by atomic mass is 10.2. The molecular weight excluding hydrogens is 182 g/mol. The molecule has 4 N–H and O–H groups in total. The average molecular weight is 197 g/mol. The van der Waals surface area contributed by atoms with Crippen molar-refractivity contribution < 1.29 is 4.79 Å². The minimum atomic E-state index is -0.486. The van der Waals surface area contributed by atoms with Crippen LogP contribution in [0.1, 0.15) is 38.0 Å². The number of amides is 1. The van der Waals surface area contributed by atoms with E-state index in [1.165, 1.54) is 4.68 Å². The standard InChI is InChI=1S/C8H15N5O/c1-3-6(9)7-4-13(12-11-7)5(2)8(10)14/h4-6H,3,9H2,1-2H3,(H2,10,14). The lowest BCUT2D eigenvalue weighted by molar-refractivity contribution is -0.120. The molecule has 0 aliphatic carbocycles. The Morgan fingerprint density at radius 2 is 2.36 bits per heavy atom. The molecule has 0 saturated heterocycles. The third kappa shape index (κ3) is 2.08. The van der Waals surface area contributed by atoms with E-state index in [1.54, 1.807) is 13.1 Å². The molecule has 0 fully saturated rings. The maximum absolute atomic E-state index is 10.9. The van der Waals surface area contributed by atoms with E-state index in [0.29, 0.717) is 5.69 Å². The molecule has 0 aromatic carbocycles. The molecule has 0 aliphatic heterocycles. The molecule has 1 rings (SSSR count). The van der Waals surface area contributed by atoms with Crippen LogP contribution >= 0.6 is 0 Å². The largest absolute Gasteiger partial charge is 0.368 e. The highest BCUT2D eigenvalue weighted by Crippen LogP contribution is 2.11. The monoisotopic (exact) mass is 197 g/mol. The van der Waals surface area contributed by atoms with Gasteiger partial charge < -0.3 is 11.5 Å².